The molecular formula is C30H30FN9O2. The van der Waals surface area contributed by atoms with Crippen molar-refractivity contribution in [2.75, 3.05) is 37.4 Å². The minimum Gasteiger partial charge on any atom is -0.454 e. The summed E-state index contributed by atoms with van der Waals surface area (Å²) in [5.74, 6) is 1.03. The van der Waals surface area contributed by atoms with Gasteiger partial charge in [0.15, 0.2) is 11.6 Å². The lowest BCUT2D eigenvalue weighted by Gasteiger charge is -2.17. The van der Waals surface area contributed by atoms with Crippen molar-refractivity contribution in [3.8, 4) is 11.5 Å². The highest BCUT2D eigenvalue weighted by Crippen LogP contribution is 2.35. The average molecular weight is 568 g/mol. The standard InChI is InChI=1S/C30H30FN9O2/c1-17-15-40(30(41)20(17)10-11-38(3)4)27-13-21-24(14-32-27)33-16-34-29(21)35-22-7-9-26(28(31)18(22)2)42-19-6-8-25-23(12-19)36-37-39(25)5/h6-10,12-14,16-17H,11,15H2,1-5H3,(H,33,34,35)/b20-10+/t17-/m1/s1. The first-order chi connectivity index (χ1) is 20.2. The molecule has 1 N–H and O–H groups in total. The van der Waals surface area contributed by atoms with Crippen molar-refractivity contribution in [1.82, 2.24) is 34.8 Å². The van der Waals surface area contributed by atoms with Crippen LogP contribution in [0.25, 0.3) is 21.9 Å². The number of hydrogen-bond donors (Lipinski definition) is 1. The second kappa shape index (κ2) is 10.8. The fourth-order valence-electron chi connectivity index (χ4n) is 5.00. The van der Waals surface area contributed by atoms with Gasteiger partial charge in [0, 0.05) is 54.3 Å². The fourth-order valence-corrected chi connectivity index (χ4v) is 5.00. The summed E-state index contributed by atoms with van der Waals surface area (Å²) in [5.41, 5.74) is 3.74. The van der Waals surface area contributed by atoms with Crippen LogP contribution >= 0.6 is 0 Å². The molecule has 0 spiro atoms. The van der Waals surface area contributed by atoms with Crippen molar-refractivity contribution >= 4 is 45.2 Å². The molecule has 3 aromatic heterocycles. The van der Waals surface area contributed by atoms with E-state index in [1.807, 2.05) is 38.1 Å². The van der Waals surface area contributed by atoms with Crippen LogP contribution in [0.15, 0.2) is 60.6 Å². The smallest absolute Gasteiger partial charge is 0.255 e. The zero-order valence-corrected chi connectivity index (χ0v) is 24.0. The number of benzene rings is 2. The van der Waals surface area contributed by atoms with Gasteiger partial charge >= 0.3 is 0 Å². The molecule has 1 amide bonds. The average Bonchev–Trinajstić information content (AvgIpc) is 3.48. The number of ether oxygens (including phenoxy) is 1. The van der Waals surface area contributed by atoms with Gasteiger partial charge in [-0.25, -0.2) is 24.0 Å². The topological polar surface area (TPSA) is 114 Å². The number of anilines is 3. The van der Waals surface area contributed by atoms with E-state index < -0.39 is 5.82 Å². The number of nitrogens with one attached hydrogen (secondary N) is 1. The third-order valence-electron chi connectivity index (χ3n) is 7.35. The molecular weight excluding hydrogens is 537 g/mol. The first-order valence-corrected chi connectivity index (χ1v) is 13.5. The molecule has 4 heterocycles. The van der Waals surface area contributed by atoms with E-state index in [0.29, 0.717) is 58.1 Å². The van der Waals surface area contributed by atoms with Crippen molar-refractivity contribution in [2.24, 2.45) is 13.0 Å². The number of amides is 1. The minimum absolute atomic E-state index is 0.0606. The number of likely N-dealkylation sites (N-methyl/N-ethyl adjacent to an activating group) is 1. The van der Waals surface area contributed by atoms with Gasteiger partial charge in [-0.3, -0.25) is 9.69 Å². The SMILES string of the molecule is Cc1c(Nc2ncnc3cnc(N4C[C@@H](C)/C(=C\CN(C)C)C4=O)cc23)ccc(Oc2ccc3c(c2)nnn3C)c1F. The lowest BCUT2D eigenvalue weighted by Crippen LogP contribution is -2.26. The molecule has 0 aliphatic carbocycles. The maximum atomic E-state index is 15.5. The van der Waals surface area contributed by atoms with Crippen LogP contribution < -0.4 is 15.0 Å². The molecule has 6 rings (SSSR count). The maximum absolute atomic E-state index is 15.5. The molecule has 214 valence electrons. The normalized spacial score (nSPS) is 16.4. The number of carbonyl (C=O) groups excluding carboxylic acids is 1. The van der Waals surface area contributed by atoms with Gasteiger partial charge in [0.1, 0.15) is 29.2 Å². The number of nitrogens with zero attached hydrogens (tertiary/aromatic N) is 8. The number of carbonyl (C=O) groups is 1. The summed E-state index contributed by atoms with van der Waals surface area (Å²) in [6.07, 6.45) is 5.02. The first-order valence-electron chi connectivity index (χ1n) is 13.5. The Morgan fingerprint density at radius 1 is 1.14 bits per heavy atom. The molecule has 1 aliphatic heterocycles. The van der Waals surface area contributed by atoms with Crippen LogP contribution in [-0.2, 0) is 11.8 Å². The summed E-state index contributed by atoms with van der Waals surface area (Å²) < 4.78 is 23.0. The molecule has 1 atom stereocenters. The summed E-state index contributed by atoms with van der Waals surface area (Å²) >= 11 is 0. The minimum atomic E-state index is -0.506. The molecule has 1 aliphatic rings. The summed E-state index contributed by atoms with van der Waals surface area (Å²) in [6.45, 7) is 4.92. The van der Waals surface area contributed by atoms with Crippen molar-refractivity contribution in [1.29, 1.82) is 0 Å². The van der Waals surface area contributed by atoms with Crippen LogP contribution in [0.4, 0.5) is 21.7 Å². The zero-order chi connectivity index (χ0) is 29.5. The number of rotatable bonds is 7. The van der Waals surface area contributed by atoms with Gasteiger partial charge in [0.25, 0.3) is 5.91 Å². The summed E-state index contributed by atoms with van der Waals surface area (Å²) in [6, 6.07) is 10.4. The lowest BCUT2D eigenvalue weighted by molar-refractivity contribution is -0.114. The van der Waals surface area contributed by atoms with Gasteiger partial charge < -0.3 is 15.0 Å². The van der Waals surface area contributed by atoms with Crippen LogP contribution in [-0.4, -0.2) is 67.9 Å². The van der Waals surface area contributed by atoms with E-state index in [2.05, 4.69) is 30.6 Å². The molecule has 1 fully saturated rings. The molecule has 11 nitrogen and oxygen atoms in total. The predicted molar refractivity (Wildman–Crippen MR) is 158 cm³/mol. The molecule has 0 radical (unpaired) electrons. The van der Waals surface area contributed by atoms with E-state index in [9.17, 15) is 4.79 Å². The van der Waals surface area contributed by atoms with E-state index in [0.717, 1.165) is 11.1 Å². The monoisotopic (exact) mass is 567 g/mol. The molecule has 1 saturated heterocycles. The molecule has 0 saturated carbocycles. The number of halogens is 1. The van der Waals surface area contributed by atoms with Gasteiger partial charge in [0.05, 0.1) is 17.2 Å². The van der Waals surface area contributed by atoms with E-state index in [1.165, 1.54) is 6.33 Å². The summed E-state index contributed by atoms with van der Waals surface area (Å²) in [7, 11) is 5.73. The van der Waals surface area contributed by atoms with E-state index in [-0.39, 0.29) is 17.6 Å². The van der Waals surface area contributed by atoms with Crippen LogP contribution in [0.2, 0.25) is 0 Å². The molecule has 2 aromatic carbocycles. The van der Waals surface area contributed by atoms with Crippen LogP contribution in [0, 0.1) is 18.7 Å². The fraction of sp³-hybridized carbons (Fsp3) is 0.267. The molecule has 0 bridgehead atoms. The van der Waals surface area contributed by atoms with Gasteiger partial charge in [0.2, 0.25) is 0 Å². The lowest BCUT2D eigenvalue weighted by atomic mass is 10.0. The number of pyridine rings is 1. The molecule has 42 heavy (non-hydrogen) atoms. The second-order valence-corrected chi connectivity index (χ2v) is 10.7. The third-order valence-corrected chi connectivity index (χ3v) is 7.35. The second-order valence-electron chi connectivity index (χ2n) is 10.7. The van der Waals surface area contributed by atoms with Crippen LogP contribution in [0.5, 0.6) is 11.5 Å². The summed E-state index contributed by atoms with van der Waals surface area (Å²) in [5, 5.41) is 12.0. The Morgan fingerprint density at radius 3 is 2.79 bits per heavy atom. The van der Waals surface area contributed by atoms with Crippen molar-refractivity contribution in [3.05, 3.63) is 72.0 Å². The van der Waals surface area contributed by atoms with E-state index in [4.69, 9.17) is 4.74 Å². The highest BCUT2D eigenvalue weighted by molar-refractivity contribution is 6.09. The van der Waals surface area contributed by atoms with Gasteiger partial charge in [-0.2, -0.15) is 0 Å². The number of aromatic nitrogens is 6. The molecule has 5 aromatic rings. The predicted octanol–water partition coefficient (Wildman–Crippen LogP) is 4.76. The Balaban J connectivity index is 1.27. The zero-order valence-electron chi connectivity index (χ0n) is 24.0. The van der Waals surface area contributed by atoms with Crippen molar-refractivity contribution < 1.29 is 13.9 Å². The molecule has 0 unspecified atom stereocenters. The van der Waals surface area contributed by atoms with Crippen LogP contribution in [0.3, 0.4) is 0 Å². The van der Waals surface area contributed by atoms with E-state index >= 15 is 4.39 Å². The Morgan fingerprint density at radius 2 is 1.98 bits per heavy atom. The Kier molecular flexibility index (Phi) is 6.99. The maximum Gasteiger partial charge on any atom is 0.255 e. The molecule has 12 heteroatoms. The van der Waals surface area contributed by atoms with Gasteiger partial charge in [-0.1, -0.05) is 18.2 Å². The largest absolute Gasteiger partial charge is 0.454 e. The van der Waals surface area contributed by atoms with Gasteiger partial charge in [-0.15, -0.1) is 5.10 Å². The van der Waals surface area contributed by atoms with E-state index in [1.54, 1.807) is 60.1 Å². The number of fused-ring (bicyclic) bond motifs is 2. The summed E-state index contributed by atoms with van der Waals surface area (Å²) in [4.78, 5) is 30.2. The van der Waals surface area contributed by atoms with Crippen molar-refractivity contribution in [2.45, 2.75) is 13.8 Å². The Bertz CT molecular complexity index is 1870. The Labute approximate surface area is 241 Å². The first kappa shape index (κ1) is 27.2. The van der Waals surface area contributed by atoms with Crippen molar-refractivity contribution in [3.63, 3.8) is 0 Å². The highest BCUT2D eigenvalue weighted by atomic mass is 19.1. The number of hydrogen-bond acceptors (Lipinski definition) is 9. The highest BCUT2D eigenvalue weighted by Gasteiger charge is 2.34. The number of aryl methyl sites for hydroxylation is 1. The Hall–Kier alpha value is -4.97. The van der Waals surface area contributed by atoms with Gasteiger partial charge in [-0.05, 0) is 51.4 Å². The third kappa shape index (κ3) is 5.00. The van der Waals surface area contributed by atoms with Crippen LogP contribution in [0.1, 0.15) is 12.5 Å². The quantitative estimate of drug-likeness (QED) is 0.278.